The predicted molar refractivity (Wildman–Crippen MR) is 93.6 cm³/mol. The van der Waals surface area contributed by atoms with Gasteiger partial charge in [-0.25, -0.2) is 8.42 Å². The van der Waals surface area contributed by atoms with Crippen molar-refractivity contribution in [3.05, 3.63) is 65.2 Å². The molecule has 1 atom stereocenters. The highest BCUT2D eigenvalue weighted by Crippen LogP contribution is 2.29. The van der Waals surface area contributed by atoms with Crippen LogP contribution in [0.1, 0.15) is 34.3 Å². The van der Waals surface area contributed by atoms with Crippen molar-refractivity contribution in [1.82, 2.24) is 4.31 Å². The van der Waals surface area contributed by atoms with Crippen LogP contribution in [0.25, 0.3) is 0 Å². The number of aryl methyl sites for hydroxylation is 1. The van der Waals surface area contributed by atoms with Crippen LogP contribution in [-0.2, 0) is 10.0 Å². The van der Waals surface area contributed by atoms with Gasteiger partial charge in [-0.05, 0) is 31.9 Å². The van der Waals surface area contributed by atoms with Crippen LogP contribution in [0.15, 0.2) is 53.4 Å². The van der Waals surface area contributed by atoms with Crippen LogP contribution in [0.2, 0.25) is 0 Å². The number of hydrogen-bond donors (Lipinski definition) is 0. The largest absolute Gasteiger partial charge is 0.292 e. The van der Waals surface area contributed by atoms with Gasteiger partial charge in [0.1, 0.15) is 6.07 Å². The van der Waals surface area contributed by atoms with Gasteiger partial charge in [-0.3, -0.25) is 4.79 Å². The lowest BCUT2D eigenvalue weighted by molar-refractivity contribution is 0.0918. The maximum atomic E-state index is 13.0. The molecule has 1 saturated heterocycles. The minimum absolute atomic E-state index is 0.0406. The molecule has 1 fully saturated rings. The zero-order valence-corrected chi connectivity index (χ0v) is 14.7. The highest BCUT2D eigenvalue weighted by molar-refractivity contribution is 7.89. The van der Waals surface area contributed by atoms with Crippen LogP contribution in [0.3, 0.4) is 0 Å². The van der Waals surface area contributed by atoms with Crippen LogP contribution in [0.5, 0.6) is 0 Å². The van der Waals surface area contributed by atoms with Gasteiger partial charge in [0.25, 0.3) is 0 Å². The summed E-state index contributed by atoms with van der Waals surface area (Å²) < 4.78 is 27.3. The van der Waals surface area contributed by atoms with Crippen molar-refractivity contribution in [2.24, 2.45) is 0 Å². The van der Waals surface area contributed by atoms with Gasteiger partial charge in [-0.1, -0.05) is 42.0 Å². The summed E-state index contributed by atoms with van der Waals surface area (Å²) in [7, 11) is -3.90. The van der Waals surface area contributed by atoms with Crippen LogP contribution >= 0.6 is 0 Å². The monoisotopic (exact) mass is 354 g/mol. The minimum atomic E-state index is -3.90. The fourth-order valence-corrected chi connectivity index (χ4v) is 4.91. The molecule has 0 aliphatic carbocycles. The average Bonchev–Trinajstić information content (AvgIpc) is 3.12. The Hall–Kier alpha value is -2.49. The summed E-state index contributed by atoms with van der Waals surface area (Å²) in [4.78, 5) is 12.8. The summed E-state index contributed by atoms with van der Waals surface area (Å²) >= 11 is 0. The molecule has 2 aromatic rings. The number of Topliss-reactive ketones (excluding diaryl/α,β-unsaturated/α-hetero) is 1. The molecule has 1 aliphatic rings. The number of hydrogen-bond acceptors (Lipinski definition) is 4. The number of ketones is 1. The van der Waals surface area contributed by atoms with Gasteiger partial charge in [-0.2, -0.15) is 9.57 Å². The lowest BCUT2D eigenvalue weighted by Gasteiger charge is -2.23. The Balaban J connectivity index is 1.97. The van der Waals surface area contributed by atoms with Gasteiger partial charge in [0.05, 0.1) is 16.5 Å². The van der Waals surface area contributed by atoms with Crippen LogP contribution in [0, 0.1) is 18.3 Å². The topological polar surface area (TPSA) is 78.2 Å². The average molecular weight is 354 g/mol. The summed E-state index contributed by atoms with van der Waals surface area (Å²) in [5.74, 6) is -0.199. The molecule has 128 valence electrons. The fourth-order valence-electron chi connectivity index (χ4n) is 3.11. The van der Waals surface area contributed by atoms with E-state index in [4.69, 9.17) is 0 Å². The molecule has 0 N–H and O–H groups in total. The Labute approximate surface area is 147 Å². The first-order chi connectivity index (χ1) is 11.9. The van der Waals surface area contributed by atoms with Crippen LogP contribution in [0.4, 0.5) is 0 Å². The Morgan fingerprint density at radius 2 is 1.84 bits per heavy atom. The summed E-state index contributed by atoms with van der Waals surface area (Å²) in [5, 5.41) is 9.20. The number of rotatable bonds is 4. The molecule has 1 unspecified atom stereocenters. The first-order valence-corrected chi connectivity index (χ1v) is 9.51. The molecule has 3 rings (SSSR count). The third-order valence-electron chi connectivity index (χ3n) is 4.44. The molecule has 0 spiro atoms. The molecule has 6 heteroatoms. The molecule has 0 radical (unpaired) electrons. The van der Waals surface area contributed by atoms with Crippen molar-refractivity contribution in [3.8, 4) is 6.07 Å². The molecule has 1 heterocycles. The second kappa shape index (κ2) is 6.79. The molecule has 0 aromatic heterocycles. The van der Waals surface area contributed by atoms with Gasteiger partial charge in [-0.15, -0.1) is 0 Å². The SMILES string of the molecule is Cc1ccc(C(=O)C2CCCN2S(=O)(=O)c2ccccc2C#N)cc1. The number of sulfonamides is 1. The molecular formula is C19H18N2O3S. The Kier molecular flexibility index (Phi) is 4.71. The number of benzene rings is 2. The molecule has 5 nitrogen and oxygen atoms in total. The van der Waals surface area contributed by atoms with Gasteiger partial charge >= 0.3 is 0 Å². The van der Waals surface area contributed by atoms with Crippen molar-refractivity contribution in [1.29, 1.82) is 5.26 Å². The summed E-state index contributed by atoms with van der Waals surface area (Å²) in [6.07, 6.45) is 1.11. The molecule has 2 aromatic carbocycles. The fraction of sp³-hybridized carbons (Fsp3) is 0.263. The Morgan fingerprint density at radius 3 is 2.52 bits per heavy atom. The van der Waals surface area contributed by atoms with Crippen molar-refractivity contribution in [3.63, 3.8) is 0 Å². The lowest BCUT2D eigenvalue weighted by atomic mass is 10.0. The smallest absolute Gasteiger partial charge is 0.245 e. The van der Waals surface area contributed by atoms with E-state index in [-0.39, 0.29) is 22.8 Å². The van der Waals surface area contributed by atoms with E-state index in [1.807, 2.05) is 25.1 Å². The molecular weight excluding hydrogens is 336 g/mol. The predicted octanol–water partition coefficient (Wildman–Crippen LogP) is 2.90. The molecule has 1 aliphatic heterocycles. The first kappa shape index (κ1) is 17.3. The maximum absolute atomic E-state index is 13.0. The van der Waals surface area contributed by atoms with E-state index >= 15 is 0 Å². The number of nitrogens with zero attached hydrogens (tertiary/aromatic N) is 2. The van der Waals surface area contributed by atoms with E-state index in [0.717, 1.165) is 5.56 Å². The van der Waals surface area contributed by atoms with Gasteiger partial charge < -0.3 is 0 Å². The van der Waals surface area contributed by atoms with E-state index in [9.17, 15) is 18.5 Å². The third kappa shape index (κ3) is 3.21. The third-order valence-corrected chi connectivity index (χ3v) is 6.40. The summed E-state index contributed by atoms with van der Waals surface area (Å²) in [6.45, 7) is 2.21. The molecule has 25 heavy (non-hydrogen) atoms. The molecule has 0 saturated carbocycles. The van der Waals surface area contributed by atoms with Crippen molar-refractivity contribution in [2.45, 2.75) is 30.7 Å². The highest BCUT2D eigenvalue weighted by Gasteiger charge is 2.40. The second-order valence-corrected chi connectivity index (χ2v) is 7.97. The molecule has 0 amide bonds. The lowest BCUT2D eigenvalue weighted by Crippen LogP contribution is -2.40. The normalized spacial score (nSPS) is 18.0. The van der Waals surface area contributed by atoms with Crippen molar-refractivity contribution < 1.29 is 13.2 Å². The molecule has 0 bridgehead atoms. The van der Waals surface area contributed by atoms with Crippen LogP contribution < -0.4 is 0 Å². The number of carbonyl (C=O) groups excluding carboxylic acids is 1. The van der Waals surface area contributed by atoms with E-state index in [1.165, 1.54) is 16.4 Å². The van der Waals surface area contributed by atoms with E-state index < -0.39 is 16.1 Å². The number of carbonyl (C=O) groups is 1. The maximum Gasteiger partial charge on any atom is 0.245 e. The van der Waals surface area contributed by atoms with Crippen molar-refractivity contribution in [2.75, 3.05) is 6.54 Å². The van der Waals surface area contributed by atoms with Crippen LogP contribution in [-0.4, -0.2) is 31.1 Å². The van der Waals surface area contributed by atoms with E-state index in [0.29, 0.717) is 18.4 Å². The quantitative estimate of drug-likeness (QED) is 0.791. The summed E-state index contributed by atoms with van der Waals surface area (Å²) in [5.41, 5.74) is 1.64. The van der Waals surface area contributed by atoms with Gasteiger partial charge in [0, 0.05) is 12.1 Å². The highest BCUT2D eigenvalue weighted by atomic mass is 32.2. The second-order valence-electron chi connectivity index (χ2n) is 6.11. The standard InChI is InChI=1S/C19H18N2O3S/c1-14-8-10-15(11-9-14)19(22)17-6-4-12-21(17)25(23,24)18-7-3-2-5-16(18)13-20/h2-3,5,7-11,17H,4,6,12H2,1H3. The first-order valence-electron chi connectivity index (χ1n) is 8.07. The van der Waals surface area contributed by atoms with Gasteiger partial charge in [0.2, 0.25) is 10.0 Å². The number of nitriles is 1. The van der Waals surface area contributed by atoms with E-state index in [1.54, 1.807) is 24.3 Å². The van der Waals surface area contributed by atoms with Gasteiger partial charge in [0.15, 0.2) is 5.78 Å². The minimum Gasteiger partial charge on any atom is -0.292 e. The van der Waals surface area contributed by atoms with E-state index in [2.05, 4.69) is 0 Å². The Bertz CT molecular complexity index is 943. The van der Waals surface area contributed by atoms with Crippen molar-refractivity contribution >= 4 is 15.8 Å². The summed E-state index contributed by atoms with van der Waals surface area (Å²) in [6, 6.07) is 14.4. The Morgan fingerprint density at radius 1 is 1.16 bits per heavy atom. The zero-order valence-electron chi connectivity index (χ0n) is 13.8. The zero-order chi connectivity index (χ0) is 18.0.